The van der Waals surface area contributed by atoms with Gasteiger partial charge in [0.25, 0.3) is 0 Å². The molecule has 0 atom stereocenters. The van der Waals surface area contributed by atoms with Crippen LogP contribution in [-0.4, -0.2) is 25.2 Å². The summed E-state index contributed by atoms with van der Waals surface area (Å²) >= 11 is 0. The number of carbonyl (C=O) groups is 1. The number of alkyl halides is 3. The fraction of sp³-hybridized carbons (Fsp3) is 0.190. The van der Waals surface area contributed by atoms with Crippen LogP contribution in [0.1, 0.15) is 16.9 Å². The van der Waals surface area contributed by atoms with Gasteiger partial charge in [-0.15, -0.1) is 0 Å². The minimum Gasteiger partial charge on any atom is -0.467 e. The van der Waals surface area contributed by atoms with E-state index in [1.165, 1.54) is 18.4 Å². The summed E-state index contributed by atoms with van der Waals surface area (Å²) in [7, 11) is -4.50. The highest BCUT2D eigenvalue weighted by Gasteiger charge is 2.33. The van der Waals surface area contributed by atoms with Gasteiger partial charge in [0.1, 0.15) is 11.6 Å². The SMILES string of the molecule is O=C(CN(Cc1ccc(F)cc1)S(=O)(=O)c1cccc(C(F)(F)F)c1)NCc1ccco1. The van der Waals surface area contributed by atoms with Crippen LogP contribution in [0.15, 0.2) is 76.2 Å². The Bertz CT molecular complexity index is 1160. The van der Waals surface area contributed by atoms with E-state index in [-0.39, 0.29) is 13.1 Å². The van der Waals surface area contributed by atoms with Crippen molar-refractivity contribution in [2.24, 2.45) is 0 Å². The Morgan fingerprint density at radius 3 is 2.38 bits per heavy atom. The quantitative estimate of drug-likeness (QED) is 0.506. The molecule has 0 aliphatic rings. The molecule has 0 spiro atoms. The van der Waals surface area contributed by atoms with Crippen molar-refractivity contribution in [3.63, 3.8) is 0 Å². The average Bonchev–Trinajstić information content (AvgIpc) is 3.26. The molecule has 1 amide bonds. The number of hydrogen-bond donors (Lipinski definition) is 1. The van der Waals surface area contributed by atoms with E-state index in [2.05, 4.69) is 5.32 Å². The molecule has 1 heterocycles. The zero-order valence-electron chi connectivity index (χ0n) is 16.5. The number of sulfonamides is 1. The average molecular weight is 470 g/mol. The van der Waals surface area contributed by atoms with Crippen molar-refractivity contribution < 1.29 is 35.2 Å². The number of nitrogens with zero attached hydrogens (tertiary/aromatic N) is 1. The molecule has 6 nitrogen and oxygen atoms in total. The topological polar surface area (TPSA) is 79.6 Å². The number of nitrogens with one attached hydrogen (secondary N) is 1. The molecular formula is C21H18F4N2O4S. The molecule has 0 fully saturated rings. The zero-order chi connectivity index (χ0) is 23.4. The maximum atomic E-state index is 13.2. The van der Waals surface area contributed by atoms with E-state index < -0.39 is 44.9 Å². The van der Waals surface area contributed by atoms with Crippen molar-refractivity contribution in [1.82, 2.24) is 9.62 Å². The Kier molecular flexibility index (Phi) is 6.99. The molecule has 0 saturated carbocycles. The highest BCUT2D eigenvalue weighted by Crippen LogP contribution is 2.31. The lowest BCUT2D eigenvalue weighted by molar-refractivity contribution is -0.137. The standard InChI is InChI=1S/C21H18F4N2O4S/c22-17-8-6-15(7-9-17)13-27(14-20(28)26-12-18-4-2-10-31-18)32(29,30)19-5-1-3-16(11-19)21(23,24)25/h1-11H,12-14H2,(H,26,28). The van der Waals surface area contributed by atoms with E-state index in [4.69, 9.17) is 4.42 Å². The molecule has 0 unspecified atom stereocenters. The lowest BCUT2D eigenvalue weighted by atomic mass is 10.2. The summed E-state index contributed by atoms with van der Waals surface area (Å²) in [6.07, 6.45) is -3.34. The van der Waals surface area contributed by atoms with Crippen LogP contribution in [0.2, 0.25) is 0 Å². The lowest BCUT2D eigenvalue weighted by Gasteiger charge is -2.22. The Hall–Kier alpha value is -3.18. The van der Waals surface area contributed by atoms with E-state index in [9.17, 15) is 30.8 Å². The van der Waals surface area contributed by atoms with E-state index in [0.717, 1.165) is 34.6 Å². The van der Waals surface area contributed by atoms with Crippen molar-refractivity contribution in [1.29, 1.82) is 0 Å². The third kappa shape index (κ3) is 5.95. The van der Waals surface area contributed by atoms with E-state index in [0.29, 0.717) is 17.4 Å². The predicted octanol–water partition coefficient (Wildman–Crippen LogP) is 3.94. The molecule has 32 heavy (non-hydrogen) atoms. The summed E-state index contributed by atoms with van der Waals surface area (Å²) in [4.78, 5) is 11.8. The van der Waals surface area contributed by atoms with Gasteiger partial charge in [0, 0.05) is 6.54 Å². The van der Waals surface area contributed by atoms with Crippen LogP contribution in [0, 0.1) is 5.82 Å². The highest BCUT2D eigenvalue weighted by atomic mass is 32.2. The molecule has 11 heteroatoms. The van der Waals surface area contributed by atoms with Gasteiger partial charge in [-0.2, -0.15) is 17.5 Å². The first-order chi connectivity index (χ1) is 15.1. The summed E-state index contributed by atoms with van der Waals surface area (Å²) in [5.41, 5.74) is -0.789. The van der Waals surface area contributed by atoms with Gasteiger partial charge in [0.05, 0.1) is 29.8 Å². The summed E-state index contributed by atoms with van der Waals surface area (Å²) in [5.74, 6) is -0.805. The van der Waals surface area contributed by atoms with Crippen LogP contribution < -0.4 is 5.32 Å². The minimum absolute atomic E-state index is 0.000171. The molecule has 0 radical (unpaired) electrons. The molecule has 0 aliphatic heterocycles. The highest BCUT2D eigenvalue weighted by molar-refractivity contribution is 7.89. The molecule has 1 aromatic heterocycles. The summed E-state index contributed by atoms with van der Waals surface area (Å²) in [5, 5.41) is 2.49. The normalized spacial score (nSPS) is 12.2. The van der Waals surface area contributed by atoms with Crippen molar-refractivity contribution in [2.75, 3.05) is 6.54 Å². The Labute approximate surface area is 181 Å². The third-order valence-electron chi connectivity index (χ3n) is 4.43. The van der Waals surface area contributed by atoms with Gasteiger partial charge in [0.2, 0.25) is 15.9 Å². The monoisotopic (exact) mass is 470 g/mol. The molecule has 3 rings (SSSR count). The van der Waals surface area contributed by atoms with Gasteiger partial charge in [-0.05, 0) is 48.0 Å². The van der Waals surface area contributed by atoms with Crippen LogP contribution >= 0.6 is 0 Å². The van der Waals surface area contributed by atoms with Gasteiger partial charge in [0.15, 0.2) is 0 Å². The molecule has 0 bridgehead atoms. The first kappa shape index (κ1) is 23.5. The zero-order valence-corrected chi connectivity index (χ0v) is 17.3. The van der Waals surface area contributed by atoms with Gasteiger partial charge >= 0.3 is 6.18 Å². The number of rotatable bonds is 8. The summed E-state index contributed by atoms with van der Waals surface area (Å²) in [6, 6.07) is 11.3. The van der Waals surface area contributed by atoms with Gasteiger partial charge in [-0.25, -0.2) is 12.8 Å². The van der Waals surface area contributed by atoms with Crippen molar-refractivity contribution in [3.05, 3.63) is 89.6 Å². The minimum atomic E-state index is -4.74. The van der Waals surface area contributed by atoms with Crippen LogP contribution in [0.4, 0.5) is 17.6 Å². The molecule has 0 aliphatic carbocycles. The maximum Gasteiger partial charge on any atom is 0.416 e. The van der Waals surface area contributed by atoms with Crippen LogP contribution in [0.5, 0.6) is 0 Å². The Morgan fingerprint density at radius 2 is 1.75 bits per heavy atom. The molecular weight excluding hydrogens is 452 g/mol. The second-order valence-electron chi connectivity index (χ2n) is 6.78. The Balaban J connectivity index is 1.87. The largest absolute Gasteiger partial charge is 0.467 e. The van der Waals surface area contributed by atoms with E-state index in [1.54, 1.807) is 12.1 Å². The van der Waals surface area contributed by atoms with Crippen molar-refractivity contribution >= 4 is 15.9 Å². The number of hydrogen-bond acceptors (Lipinski definition) is 4. The number of benzene rings is 2. The fourth-order valence-corrected chi connectivity index (χ4v) is 4.25. The van der Waals surface area contributed by atoms with E-state index >= 15 is 0 Å². The Morgan fingerprint density at radius 1 is 1.03 bits per heavy atom. The molecule has 1 N–H and O–H groups in total. The molecule has 170 valence electrons. The van der Waals surface area contributed by atoms with Crippen molar-refractivity contribution in [3.8, 4) is 0 Å². The van der Waals surface area contributed by atoms with Crippen molar-refractivity contribution in [2.45, 2.75) is 24.2 Å². The van der Waals surface area contributed by atoms with E-state index in [1.807, 2.05) is 0 Å². The van der Waals surface area contributed by atoms with Gasteiger partial charge in [-0.3, -0.25) is 4.79 Å². The number of carbonyl (C=O) groups excluding carboxylic acids is 1. The number of furan rings is 1. The first-order valence-electron chi connectivity index (χ1n) is 9.26. The maximum absolute atomic E-state index is 13.2. The predicted molar refractivity (Wildman–Crippen MR) is 106 cm³/mol. The smallest absolute Gasteiger partial charge is 0.416 e. The van der Waals surface area contributed by atoms with Crippen LogP contribution in [0.3, 0.4) is 0 Å². The van der Waals surface area contributed by atoms with Crippen LogP contribution in [0.25, 0.3) is 0 Å². The van der Waals surface area contributed by atoms with Gasteiger partial charge < -0.3 is 9.73 Å². The fourth-order valence-electron chi connectivity index (χ4n) is 2.82. The molecule has 3 aromatic rings. The summed E-state index contributed by atoms with van der Waals surface area (Å²) in [6.45, 7) is -1.02. The second-order valence-corrected chi connectivity index (χ2v) is 8.72. The lowest BCUT2D eigenvalue weighted by Crippen LogP contribution is -2.40. The second kappa shape index (κ2) is 9.53. The molecule has 2 aromatic carbocycles. The summed E-state index contributed by atoms with van der Waals surface area (Å²) < 4.78 is 84.5. The van der Waals surface area contributed by atoms with Gasteiger partial charge in [-0.1, -0.05) is 18.2 Å². The number of halogens is 4. The number of amides is 1. The first-order valence-corrected chi connectivity index (χ1v) is 10.7. The third-order valence-corrected chi connectivity index (χ3v) is 6.22. The molecule has 0 saturated heterocycles. The van der Waals surface area contributed by atoms with Crippen LogP contribution in [-0.2, 0) is 34.1 Å².